The van der Waals surface area contributed by atoms with Crippen LogP contribution < -0.4 is 0 Å². The van der Waals surface area contributed by atoms with Gasteiger partial charge in [0.15, 0.2) is 0 Å². The minimum atomic E-state index is -0.0258. The molecule has 1 aromatic rings. The average molecular weight is 404 g/mol. The van der Waals surface area contributed by atoms with Crippen LogP contribution in [0.25, 0.3) is 6.08 Å². The summed E-state index contributed by atoms with van der Waals surface area (Å²) in [7, 11) is 4.46. The molecule has 0 radical (unpaired) electrons. The molecule has 117 valence electrons. The van der Waals surface area contributed by atoms with E-state index < -0.39 is 0 Å². The quantitative estimate of drug-likeness (QED) is 0.400. The van der Waals surface area contributed by atoms with Crippen molar-refractivity contribution in [1.82, 2.24) is 0 Å². The number of benzene rings is 1. The van der Waals surface area contributed by atoms with E-state index in [-0.39, 0.29) is 7.92 Å². The summed E-state index contributed by atoms with van der Waals surface area (Å²) >= 11 is 2.22. The number of halogens is 1. The molecule has 0 nitrogen and oxygen atoms in total. The summed E-state index contributed by atoms with van der Waals surface area (Å²) in [5.41, 5.74) is 1.30. The van der Waals surface area contributed by atoms with Crippen LogP contribution in [-0.4, -0.2) is 16.5 Å². The molecule has 0 saturated carbocycles. The second kappa shape index (κ2) is 9.38. The van der Waals surface area contributed by atoms with Gasteiger partial charge in [-0.2, -0.15) is 0 Å². The average Bonchev–Trinajstić information content (AvgIpc) is 2.35. The van der Waals surface area contributed by atoms with Crippen LogP contribution in [0.5, 0.6) is 0 Å². The zero-order valence-corrected chi connectivity index (χ0v) is 16.6. The van der Waals surface area contributed by atoms with Crippen LogP contribution in [0.1, 0.15) is 47.1 Å². The molecule has 1 rings (SSSR count). The molecule has 0 fully saturated rings. The summed E-state index contributed by atoms with van der Waals surface area (Å²) in [4.78, 5) is 0. The second-order valence-corrected chi connectivity index (χ2v) is 10.7. The van der Waals surface area contributed by atoms with Crippen molar-refractivity contribution < 1.29 is 18.2 Å². The van der Waals surface area contributed by atoms with Crippen molar-refractivity contribution in [3.63, 3.8) is 0 Å². The maximum absolute atomic E-state index is 4.49. The molecule has 0 N–H and O–H groups in total. The summed E-state index contributed by atoms with van der Waals surface area (Å²) in [6.07, 6.45) is 5.82. The summed E-state index contributed by atoms with van der Waals surface area (Å²) < 4.78 is 0. The van der Waals surface area contributed by atoms with Gasteiger partial charge in [-0.25, -0.2) is 0 Å². The van der Waals surface area contributed by atoms with Crippen LogP contribution in [0, 0.1) is 0 Å². The van der Waals surface area contributed by atoms with Gasteiger partial charge in [0, 0.05) is 0 Å². The van der Waals surface area contributed by atoms with E-state index in [1.807, 2.05) is 0 Å². The Labute approximate surface area is 141 Å². The molecule has 0 heterocycles. The maximum atomic E-state index is 4.49. The zero-order chi connectivity index (χ0) is 15.8. The molecule has 0 bridgehead atoms. The van der Waals surface area contributed by atoms with Gasteiger partial charge in [-0.3, -0.25) is 0 Å². The summed E-state index contributed by atoms with van der Waals surface area (Å²) in [6.45, 7) is 14.3. The summed E-state index contributed by atoms with van der Waals surface area (Å²) in [6, 6.07) is 10.6. The van der Waals surface area contributed by atoms with E-state index in [2.05, 4.69) is 112 Å². The topological polar surface area (TPSA) is 0 Å². The Morgan fingerprint density at radius 1 is 0.950 bits per heavy atom. The Kier molecular flexibility index (Phi) is 9.54. The molecule has 0 saturated heterocycles. The van der Waals surface area contributed by atoms with Gasteiger partial charge in [0.25, 0.3) is 0 Å². The number of rotatable bonds is 3. The van der Waals surface area contributed by atoms with Crippen molar-refractivity contribution in [3.05, 3.63) is 42.0 Å². The first-order valence-electron chi connectivity index (χ1n) is 6.82. The van der Waals surface area contributed by atoms with Gasteiger partial charge in [-0.15, -0.1) is 0 Å². The molecular weight excluding hydrogens is 377 g/mol. The van der Waals surface area contributed by atoms with Crippen molar-refractivity contribution in [2.24, 2.45) is 0 Å². The van der Waals surface area contributed by atoms with Gasteiger partial charge in [0.1, 0.15) is 0 Å². The minimum absolute atomic E-state index is 0.0258. The monoisotopic (exact) mass is 403 g/mol. The van der Waals surface area contributed by atoms with Crippen molar-refractivity contribution in [3.8, 4) is 0 Å². The summed E-state index contributed by atoms with van der Waals surface area (Å²) in [5.74, 6) is 0. The first kappa shape index (κ1) is 20.3. The molecule has 1 aromatic carbocycles. The Morgan fingerprint density at radius 3 is 1.80 bits per heavy atom. The zero-order valence-electron chi connectivity index (χ0n) is 13.4. The van der Waals surface area contributed by atoms with Crippen LogP contribution in [-0.2, 0) is 18.2 Å². The van der Waals surface area contributed by atoms with E-state index in [0.717, 1.165) is 0 Å². The SMILES string of the molecule is CC(C)(C)P(C/C=C/c1ccccc1)C(C)(C)C.[Cl][Pd]. The van der Waals surface area contributed by atoms with E-state index in [0.29, 0.717) is 10.3 Å². The number of hydrogen-bond donors (Lipinski definition) is 0. The van der Waals surface area contributed by atoms with Crippen LogP contribution in [0.4, 0.5) is 0 Å². The van der Waals surface area contributed by atoms with Crippen molar-refractivity contribution in [1.29, 1.82) is 0 Å². The van der Waals surface area contributed by atoms with Crippen LogP contribution in [0.15, 0.2) is 36.4 Å². The third kappa shape index (κ3) is 7.95. The standard InChI is InChI=1S/C17H27P.ClH.Pd/c1-16(2,3)18(17(4,5)6)14-10-13-15-11-8-7-9-12-15;;/h7-13H,14H2,1-6H3;1H;/q;;+1/p-1/b13-10+;;. The van der Waals surface area contributed by atoms with Gasteiger partial charge in [-0.1, -0.05) is 91.9 Å². The number of hydrogen-bond acceptors (Lipinski definition) is 0. The van der Waals surface area contributed by atoms with Gasteiger partial charge in [0.2, 0.25) is 0 Å². The van der Waals surface area contributed by atoms with Crippen LogP contribution >= 0.6 is 17.5 Å². The van der Waals surface area contributed by atoms with Gasteiger partial charge in [-0.05, 0) is 22.0 Å². The first-order chi connectivity index (χ1) is 9.21. The predicted octanol–water partition coefficient (Wildman–Crippen LogP) is 6.47. The van der Waals surface area contributed by atoms with Crippen LogP contribution in [0.3, 0.4) is 0 Å². The van der Waals surface area contributed by atoms with E-state index >= 15 is 0 Å². The molecule has 0 aliphatic carbocycles. The number of allylic oxidation sites excluding steroid dienone is 1. The molecule has 0 amide bonds. The molecular formula is C17H27ClPPd. The molecule has 0 aromatic heterocycles. The normalized spacial score (nSPS) is 12.5. The first-order valence-corrected chi connectivity index (χ1v) is 10.4. The summed E-state index contributed by atoms with van der Waals surface area (Å²) in [5, 5.41) is 0.823. The third-order valence-corrected chi connectivity index (χ3v) is 6.83. The molecule has 3 heteroatoms. The van der Waals surface area contributed by atoms with E-state index in [4.69, 9.17) is 0 Å². The molecule has 20 heavy (non-hydrogen) atoms. The fraction of sp³-hybridized carbons (Fsp3) is 0.529. The molecule has 0 unspecified atom stereocenters. The van der Waals surface area contributed by atoms with Crippen LogP contribution in [0.2, 0.25) is 0 Å². The Morgan fingerprint density at radius 2 is 1.40 bits per heavy atom. The van der Waals surface area contributed by atoms with Gasteiger partial charge >= 0.3 is 27.7 Å². The van der Waals surface area contributed by atoms with E-state index in [9.17, 15) is 0 Å². The third-order valence-electron chi connectivity index (χ3n) is 3.02. The Balaban J connectivity index is 0.00000172. The molecule has 0 atom stereocenters. The molecule has 0 aliphatic heterocycles. The van der Waals surface area contributed by atoms with E-state index in [1.165, 1.54) is 11.7 Å². The van der Waals surface area contributed by atoms with Gasteiger partial charge < -0.3 is 0 Å². The van der Waals surface area contributed by atoms with E-state index in [1.54, 1.807) is 0 Å². The van der Waals surface area contributed by atoms with Crippen molar-refractivity contribution in [2.75, 3.05) is 6.16 Å². The Hall–Kier alpha value is 0.342. The Bertz CT molecular complexity index is 374. The molecule has 0 spiro atoms. The van der Waals surface area contributed by atoms with Crippen molar-refractivity contribution >= 4 is 23.5 Å². The molecule has 0 aliphatic rings. The fourth-order valence-corrected chi connectivity index (χ4v) is 5.84. The predicted molar refractivity (Wildman–Crippen MR) is 92.6 cm³/mol. The van der Waals surface area contributed by atoms with Gasteiger partial charge in [0.05, 0.1) is 0 Å². The van der Waals surface area contributed by atoms with Crippen molar-refractivity contribution in [2.45, 2.75) is 51.9 Å². The fourth-order valence-electron chi connectivity index (χ4n) is 2.41. The second-order valence-electron chi connectivity index (χ2n) is 6.77.